The van der Waals surface area contributed by atoms with E-state index in [4.69, 9.17) is 9.47 Å². The SMILES string of the molecule is CC(C)c1ccc(OC2CCOCC2)c2nn(C)cc12. The third-order valence-corrected chi connectivity index (χ3v) is 3.87. The molecule has 2 heterocycles. The Morgan fingerprint density at radius 3 is 2.75 bits per heavy atom. The van der Waals surface area contributed by atoms with Crippen molar-refractivity contribution in [3.63, 3.8) is 0 Å². The lowest BCUT2D eigenvalue weighted by Crippen LogP contribution is -2.26. The monoisotopic (exact) mass is 274 g/mol. The van der Waals surface area contributed by atoms with Crippen LogP contribution in [0.2, 0.25) is 0 Å². The van der Waals surface area contributed by atoms with Crippen molar-refractivity contribution in [3.05, 3.63) is 23.9 Å². The highest BCUT2D eigenvalue weighted by molar-refractivity contribution is 5.87. The molecule has 1 aliphatic rings. The van der Waals surface area contributed by atoms with Crippen LogP contribution in [0.3, 0.4) is 0 Å². The summed E-state index contributed by atoms with van der Waals surface area (Å²) in [6.45, 7) is 6.00. The standard InChI is InChI=1S/C16H22N2O2/c1-11(2)13-4-5-15(16-14(13)10-18(3)17-16)20-12-6-8-19-9-7-12/h4-5,10-12H,6-9H2,1-3H3. The molecule has 1 aromatic carbocycles. The molecule has 0 N–H and O–H groups in total. The second-order valence-electron chi connectivity index (χ2n) is 5.80. The van der Waals surface area contributed by atoms with Crippen LogP contribution < -0.4 is 4.74 Å². The van der Waals surface area contributed by atoms with E-state index in [1.807, 2.05) is 11.7 Å². The van der Waals surface area contributed by atoms with E-state index in [9.17, 15) is 0 Å². The van der Waals surface area contributed by atoms with E-state index in [0.29, 0.717) is 5.92 Å². The summed E-state index contributed by atoms with van der Waals surface area (Å²) in [5.74, 6) is 1.38. The van der Waals surface area contributed by atoms with Crippen molar-refractivity contribution in [2.24, 2.45) is 7.05 Å². The predicted molar refractivity (Wildman–Crippen MR) is 79.3 cm³/mol. The molecule has 1 fully saturated rings. The van der Waals surface area contributed by atoms with E-state index in [-0.39, 0.29) is 6.10 Å². The van der Waals surface area contributed by atoms with Crippen molar-refractivity contribution in [1.82, 2.24) is 9.78 Å². The van der Waals surface area contributed by atoms with Gasteiger partial charge in [-0.1, -0.05) is 19.9 Å². The largest absolute Gasteiger partial charge is 0.488 e. The zero-order valence-corrected chi connectivity index (χ0v) is 12.4. The summed E-state index contributed by atoms with van der Waals surface area (Å²) in [7, 11) is 1.96. The van der Waals surface area contributed by atoms with E-state index in [1.165, 1.54) is 10.9 Å². The molecule has 108 valence electrons. The van der Waals surface area contributed by atoms with E-state index in [0.717, 1.165) is 37.3 Å². The zero-order valence-electron chi connectivity index (χ0n) is 12.4. The lowest BCUT2D eigenvalue weighted by atomic mass is 9.99. The molecule has 0 saturated carbocycles. The molecular formula is C16H22N2O2. The highest BCUT2D eigenvalue weighted by Crippen LogP contribution is 2.32. The molecule has 0 spiro atoms. The topological polar surface area (TPSA) is 36.3 Å². The van der Waals surface area contributed by atoms with Gasteiger partial charge >= 0.3 is 0 Å². The summed E-state index contributed by atoms with van der Waals surface area (Å²) in [4.78, 5) is 0. The van der Waals surface area contributed by atoms with Crippen LogP contribution in [0.4, 0.5) is 0 Å². The predicted octanol–water partition coefficient (Wildman–Crippen LogP) is 3.25. The molecule has 4 heteroatoms. The van der Waals surface area contributed by atoms with Gasteiger partial charge in [0.25, 0.3) is 0 Å². The Balaban J connectivity index is 1.96. The smallest absolute Gasteiger partial charge is 0.147 e. The van der Waals surface area contributed by atoms with Gasteiger partial charge in [0.1, 0.15) is 17.4 Å². The van der Waals surface area contributed by atoms with E-state index >= 15 is 0 Å². The van der Waals surface area contributed by atoms with Gasteiger partial charge in [0, 0.05) is 31.5 Å². The van der Waals surface area contributed by atoms with Gasteiger partial charge in [-0.25, -0.2) is 0 Å². The number of ether oxygens (including phenoxy) is 2. The first kappa shape index (κ1) is 13.4. The van der Waals surface area contributed by atoms with Crippen LogP contribution >= 0.6 is 0 Å². The molecular weight excluding hydrogens is 252 g/mol. The summed E-state index contributed by atoms with van der Waals surface area (Å²) in [5.41, 5.74) is 2.30. The summed E-state index contributed by atoms with van der Waals surface area (Å²) in [5, 5.41) is 5.78. The van der Waals surface area contributed by atoms with Crippen LogP contribution in [-0.4, -0.2) is 29.1 Å². The first-order valence-corrected chi connectivity index (χ1v) is 7.36. The van der Waals surface area contributed by atoms with Gasteiger partial charge in [0.2, 0.25) is 0 Å². The highest BCUT2D eigenvalue weighted by atomic mass is 16.5. The maximum Gasteiger partial charge on any atom is 0.147 e. The Bertz CT molecular complexity index is 598. The Morgan fingerprint density at radius 1 is 1.30 bits per heavy atom. The van der Waals surface area contributed by atoms with Gasteiger partial charge < -0.3 is 9.47 Å². The van der Waals surface area contributed by atoms with Crippen molar-refractivity contribution in [2.45, 2.75) is 38.7 Å². The Hall–Kier alpha value is -1.55. The Kier molecular flexibility index (Phi) is 3.66. The summed E-state index contributed by atoms with van der Waals surface area (Å²) in [6, 6.07) is 4.24. The van der Waals surface area contributed by atoms with E-state index in [1.54, 1.807) is 0 Å². The molecule has 4 nitrogen and oxygen atoms in total. The van der Waals surface area contributed by atoms with Crippen molar-refractivity contribution in [1.29, 1.82) is 0 Å². The fourth-order valence-electron chi connectivity index (χ4n) is 2.79. The molecule has 1 saturated heterocycles. The van der Waals surface area contributed by atoms with Crippen LogP contribution in [0.15, 0.2) is 18.3 Å². The average Bonchev–Trinajstić information content (AvgIpc) is 2.81. The number of aromatic nitrogens is 2. The molecule has 0 aliphatic carbocycles. The molecule has 2 aromatic rings. The van der Waals surface area contributed by atoms with Crippen LogP contribution in [0.25, 0.3) is 10.9 Å². The fourth-order valence-corrected chi connectivity index (χ4v) is 2.79. The average molecular weight is 274 g/mol. The lowest BCUT2D eigenvalue weighted by molar-refractivity contribution is 0.0261. The van der Waals surface area contributed by atoms with E-state index in [2.05, 4.69) is 37.3 Å². The van der Waals surface area contributed by atoms with Gasteiger partial charge in [-0.05, 0) is 17.5 Å². The van der Waals surface area contributed by atoms with Crippen molar-refractivity contribution >= 4 is 10.9 Å². The van der Waals surface area contributed by atoms with Crippen LogP contribution in [0.5, 0.6) is 5.75 Å². The number of fused-ring (bicyclic) bond motifs is 1. The van der Waals surface area contributed by atoms with Gasteiger partial charge in [-0.15, -0.1) is 0 Å². The summed E-state index contributed by atoms with van der Waals surface area (Å²) >= 11 is 0. The quantitative estimate of drug-likeness (QED) is 0.862. The second-order valence-corrected chi connectivity index (χ2v) is 5.80. The van der Waals surface area contributed by atoms with Gasteiger partial charge in [-0.2, -0.15) is 5.10 Å². The number of rotatable bonds is 3. The van der Waals surface area contributed by atoms with Crippen molar-refractivity contribution in [3.8, 4) is 5.75 Å². The number of aryl methyl sites for hydroxylation is 1. The normalized spacial score (nSPS) is 17.0. The first-order chi connectivity index (χ1) is 9.65. The maximum absolute atomic E-state index is 6.16. The minimum Gasteiger partial charge on any atom is -0.488 e. The summed E-state index contributed by atoms with van der Waals surface area (Å²) in [6.07, 6.45) is 4.25. The first-order valence-electron chi connectivity index (χ1n) is 7.36. The molecule has 20 heavy (non-hydrogen) atoms. The van der Waals surface area contributed by atoms with E-state index < -0.39 is 0 Å². The molecule has 1 aliphatic heterocycles. The minimum absolute atomic E-state index is 0.249. The Morgan fingerprint density at radius 2 is 2.05 bits per heavy atom. The molecule has 0 bridgehead atoms. The van der Waals surface area contributed by atoms with Crippen LogP contribution in [0, 0.1) is 0 Å². The van der Waals surface area contributed by atoms with Gasteiger partial charge in [0.15, 0.2) is 0 Å². The lowest BCUT2D eigenvalue weighted by Gasteiger charge is -2.23. The molecule has 0 unspecified atom stereocenters. The molecule has 0 amide bonds. The van der Waals surface area contributed by atoms with Gasteiger partial charge in [0.05, 0.1) is 13.2 Å². The number of hydrogen-bond donors (Lipinski definition) is 0. The Labute approximate surface area is 119 Å². The number of nitrogens with zero attached hydrogens (tertiary/aromatic N) is 2. The zero-order chi connectivity index (χ0) is 14.1. The minimum atomic E-state index is 0.249. The van der Waals surface area contributed by atoms with Crippen LogP contribution in [0.1, 0.15) is 38.2 Å². The number of benzene rings is 1. The third kappa shape index (κ3) is 2.52. The maximum atomic E-state index is 6.16. The molecule has 0 radical (unpaired) electrons. The number of hydrogen-bond acceptors (Lipinski definition) is 3. The second kappa shape index (κ2) is 5.44. The molecule has 1 aromatic heterocycles. The van der Waals surface area contributed by atoms with Gasteiger partial charge in [-0.3, -0.25) is 4.68 Å². The van der Waals surface area contributed by atoms with Crippen molar-refractivity contribution in [2.75, 3.05) is 13.2 Å². The molecule has 3 rings (SSSR count). The summed E-state index contributed by atoms with van der Waals surface area (Å²) < 4.78 is 13.4. The third-order valence-electron chi connectivity index (χ3n) is 3.87. The highest BCUT2D eigenvalue weighted by Gasteiger charge is 2.19. The van der Waals surface area contributed by atoms with Crippen LogP contribution in [-0.2, 0) is 11.8 Å². The molecule has 0 atom stereocenters. The van der Waals surface area contributed by atoms with Crippen molar-refractivity contribution < 1.29 is 9.47 Å². The fraction of sp³-hybridized carbons (Fsp3) is 0.562.